The monoisotopic (exact) mass is 349 g/mol. The molecular formula is C21H23N3O2. The van der Waals surface area contributed by atoms with Gasteiger partial charge in [0.25, 0.3) is 5.91 Å². The van der Waals surface area contributed by atoms with E-state index in [0.717, 1.165) is 31.4 Å². The van der Waals surface area contributed by atoms with E-state index >= 15 is 0 Å². The lowest BCUT2D eigenvalue weighted by Crippen LogP contribution is -2.58. The molecule has 0 radical (unpaired) electrons. The molecule has 4 rings (SSSR count). The fraction of sp³-hybridized carbons (Fsp3) is 0.333. The molecule has 2 aliphatic rings. The molecule has 0 saturated heterocycles. The number of phenols is 1. The van der Waals surface area contributed by atoms with Crippen LogP contribution in [-0.2, 0) is 0 Å². The van der Waals surface area contributed by atoms with Crippen LogP contribution in [0.3, 0.4) is 0 Å². The molecule has 0 aromatic heterocycles. The molecule has 26 heavy (non-hydrogen) atoms. The van der Waals surface area contributed by atoms with E-state index in [9.17, 15) is 9.90 Å². The SMILES string of the molecule is C/C(=N\N1C(=O)c2ccccc2NC12CCCCC2)c1ccccc1O. The highest BCUT2D eigenvalue weighted by molar-refractivity contribution is 6.05. The average molecular weight is 349 g/mol. The number of para-hydroxylation sites is 2. The second kappa shape index (κ2) is 6.48. The quantitative estimate of drug-likeness (QED) is 0.793. The lowest BCUT2D eigenvalue weighted by Gasteiger charge is -2.48. The number of hydrogen-bond donors (Lipinski definition) is 2. The molecule has 2 aromatic carbocycles. The van der Waals surface area contributed by atoms with Crippen LogP contribution in [0.25, 0.3) is 0 Å². The standard InChI is InChI=1S/C21H23N3O2/c1-15(16-9-4-6-12-19(16)25)23-24-20(26)17-10-3-5-11-18(17)22-21(24)13-7-2-8-14-21/h3-6,9-12,22,25H,2,7-8,13-14H2,1H3/b23-15+. The average Bonchev–Trinajstić information content (AvgIpc) is 2.66. The first-order valence-electron chi connectivity index (χ1n) is 9.16. The summed E-state index contributed by atoms with van der Waals surface area (Å²) in [6, 6.07) is 14.7. The summed E-state index contributed by atoms with van der Waals surface area (Å²) in [6.07, 6.45) is 5.03. The van der Waals surface area contributed by atoms with Crippen LogP contribution in [0.1, 0.15) is 54.9 Å². The van der Waals surface area contributed by atoms with Gasteiger partial charge in [-0.25, -0.2) is 5.01 Å². The van der Waals surface area contributed by atoms with Crippen molar-refractivity contribution in [1.82, 2.24) is 5.01 Å². The molecule has 1 aliphatic heterocycles. The molecule has 1 aliphatic carbocycles. The van der Waals surface area contributed by atoms with Gasteiger partial charge in [-0.05, 0) is 56.9 Å². The van der Waals surface area contributed by atoms with Crippen molar-refractivity contribution >= 4 is 17.3 Å². The highest BCUT2D eigenvalue weighted by Gasteiger charge is 2.45. The molecule has 1 saturated carbocycles. The van der Waals surface area contributed by atoms with E-state index in [1.807, 2.05) is 43.3 Å². The van der Waals surface area contributed by atoms with Crippen molar-refractivity contribution in [3.8, 4) is 5.75 Å². The second-order valence-corrected chi connectivity index (χ2v) is 7.08. The molecule has 2 N–H and O–H groups in total. The Balaban J connectivity index is 1.80. The number of fused-ring (bicyclic) bond motifs is 1. The fourth-order valence-corrected chi connectivity index (χ4v) is 3.99. The van der Waals surface area contributed by atoms with Crippen molar-refractivity contribution in [2.45, 2.75) is 44.7 Å². The first-order chi connectivity index (χ1) is 12.6. The van der Waals surface area contributed by atoms with Crippen LogP contribution in [0.5, 0.6) is 5.75 Å². The predicted molar refractivity (Wildman–Crippen MR) is 102 cm³/mol. The van der Waals surface area contributed by atoms with Crippen molar-refractivity contribution in [3.05, 3.63) is 59.7 Å². The van der Waals surface area contributed by atoms with Crippen molar-refractivity contribution in [2.24, 2.45) is 5.10 Å². The minimum Gasteiger partial charge on any atom is -0.507 e. The molecule has 1 fully saturated rings. The first kappa shape index (κ1) is 16.6. The molecule has 0 bridgehead atoms. The molecule has 1 heterocycles. The van der Waals surface area contributed by atoms with Crippen LogP contribution in [0, 0.1) is 0 Å². The van der Waals surface area contributed by atoms with Crippen LogP contribution in [0.15, 0.2) is 53.6 Å². The van der Waals surface area contributed by atoms with Gasteiger partial charge in [0.05, 0.1) is 11.3 Å². The number of aromatic hydroxyl groups is 1. The van der Waals surface area contributed by atoms with Gasteiger partial charge in [0.1, 0.15) is 11.4 Å². The topological polar surface area (TPSA) is 64.9 Å². The summed E-state index contributed by atoms with van der Waals surface area (Å²) < 4.78 is 0. The van der Waals surface area contributed by atoms with Crippen LogP contribution >= 0.6 is 0 Å². The number of carbonyl (C=O) groups is 1. The number of hydrogen-bond acceptors (Lipinski definition) is 4. The normalized spacial score (nSPS) is 19.2. The van der Waals surface area contributed by atoms with Crippen LogP contribution in [0.4, 0.5) is 5.69 Å². The lowest BCUT2D eigenvalue weighted by molar-refractivity contribution is 0.0409. The number of amides is 1. The Labute approximate surface area is 153 Å². The summed E-state index contributed by atoms with van der Waals surface area (Å²) in [5, 5.41) is 20.1. The summed E-state index contributed by atoms with van der Waals surface area (Å²) in [5.74, 6) is 0.0836. The zero-order valence-corrected chi connectivity index (χ0v) is 14.9. The zero-order valence-electron chi connectivity index (χ0n) is 14.9. The smallest absolute Gasteiger partial charge is 0.278 e. The van der Waals surface area contributed by atoms with Crippen molar-refractivity contribution < 1.29 is 9.90 Å². The number of nitrogens with zero attached hydrogens (tertiary/aromatic N) is 2. The minimum atomic E-state index is -0.491. The predicted octanol–water partition coefficient (Wildman–Crippen LogP) is 4.34. The third kappa shape index (κ3) is 2.73. The third-order valence-electron chi connectivity index (χ3n) is 5.35. The summed E-state index contributed by atoms with van der Waals surface area (Å²) in [7, 11) is 0. The number of rotatable bonds is 2. The Morgan fingerprint density at radius 2 is 1.77 bits per heavy atom. The molecule has 2 aromatic rings. The first-order valence-corrected chi connectivity index (χ1v) is 9.16. The van der Waals surface area contributed by atoms with E-state index in [2.05, 4.69) is 5.32 Å². The Hall–Kier alpha value is -2.82. The summed E-state index contributed by atoms with van der Waals surface area (Å²) in [4.78, 5) is 13.3. The Morgan fingerprint density at radius 3 is 2.54 bits per heavy atom. The van der Waals surface area contributed by atoms with Crippen molar-refractivity contribution in [2.75, 3.05) is 5.32 Å². The van der Waals surface area contributed by atoms with Gasteiger partial charge >= 0.3 is 0 Å². The van der Waals surface area contributed by atoms with Crippen LogP contribution in [0.2, 0.25) is 0 Å². The van der Waals surface area contributed by atoms with Gasteiger partial charge in [-0.2, -0.15) is 5.10 Å². The Bertz CT molecular complexity index is 869. The number of phenolic OH excluding ortho intramolecular Hbond substituents is 1. The van der Waals surface area contributed by atoms with E-state index in [1.54, 1.807) is 17.1 Å². The van der Waals surface area contributed by atoms with Crippen LogP contribution in [-0.4, -0.2) is 27.4 Å². The lowest BCUT2D eigenvalue weighted by atomic mass is 9.85. The van der Waals surface area contributed by atoms with Gasteiger partial charge < -0.3 is 10.4 Å². The largest absolute Gasteiger partial charge is 0.507 e. The van der Waals surface area contributed by atoms with E-state index < -0.39 is 5.66 Å². The zero-order chi connectivity index (χ0) is 18.1. The van der Waals surface area contributed by atoms with Crippen molar-refractivity contribution in [3.63, 3.8) is 0 Å². The third-order valence-corrected chi connectivity index (χ3v) is 5.35. The highest BCUT2D eigenvalue weighted by atomic mass is 16.3. The molecule has 1 spiro atoms. The highest BCUT2D eigenvalue weighted by Crippen LogP contribution is 2.40. The van der Waals surface area contributed by atoms with Gasteiger partial charge in [0.15, 0.2) is 0 Å². The maximum atomic E-state index is 13.3. The van der Waals surface area contributed by atoms with Gasteiger partial charge in [-0.15, -0.1) is 0 Å². The molecule has 5 nitrogen and oxygen atoms in total. The number of nitrogens with one attached hydrogen (secondary N) is 1. The molecule has 0 atom stereocenters. The Kier molecular flexibility index (Phi) is 4.15. The van der Waals surface area contributed by atoms with E-state index in [4.69, 9.17) is 5.10 Å². The minimum absolute atomic E-state index is 0.0870. The number of carbonyl (C=O) groups excluding carboxylic acids is 1. The summed E-state index contributed by atoms with van der Waals surface area (Å²) in [6.45, 7) is 1.83. The van der Waals surface area contributed by atoms with Crippen molar-refractivity contribution in [1.29, 1.82) is 0 Å². The van der Waals surface area contributed by atoms with E-state index in [-0.39, 0.29) is 11.7 Å². The van der Waals surface area contributed by atoms with Gasteiger partial charge in [0, 0.05) is 11.3 Å². The second-order valence-electron chi connectivity index (χ2n) is 7.08. The van der Waals surface area contributed by atoms with E-state index in [0.29, 0.717) is 16.8 Å². The number of anilines is 1. The molecule has 0 unspecified atom stereocenters. The number of benzene rings is 2. The summed E-state index contributed by atoms with van der Waals surface area (Å²) >= 11 is 0. The maximum Gasteiger partial charge on any atom is 0.278 e. The van der Waals surface area contributed by atoms with Gasteiger partial charge in [-0.1, -0.05) is 30.7 Å². The number of hydrazone groups is 1. The molecule has 5 heteroatoms. The van der Waals surface area contributed by atoms with Crippen LogP contribution < -0.4 is 5.32 Å². The Morgan fingerprint density at radius 1 is 1.08 bits per heavy atom. The maximum absolute atomic E-state index is 13.3. The fourth-order valence-electron chi connectivity index (χ4n) is 3.99. The molecule has 1 amide bonds. The van der Waals surface area contributed by atoms with E-state index in [1.165, 1.54) is 6.42 Å². The molecule has 134 valence electrons. The van der Waals surface area contributed by atoms with Gasteiger partial charge in [-0.3, -0.25) is 4.79 Å². The summed E-state index contributed by atoms with van der Waals surface area (Å²) in [5.41, 5.74) is 2.30. The molecular weight excluding hydrogens is 326 g/mol. The van der Waals surface area contributed by atoms with Gasteiger partial charge in [0.2, 0.25) is 0 Å².